The van der Waals surface area contributed by atoms with Crippen molar-refractivity contribution in [3.63, 3.8) is 0 Å². The van der Waals surface area contributed by atoms with E-state index < -0.39 is 0 Å². The molecule has 28 heavy (non-hydrogen) atoms. The van der Waals surface area contributed by atoms with E-state index in [0.29, 0.717) is 49.4 Å². The quantitative estimate of drug-likeness (QED) is 0.656. The van der Waals surface area contributed by atoms with Crippen molar-refractivity contribution >= 4 is 22.8 Å². The van der Waals surface area contributed by atoms with Gasteiger partial charge in [0.05, 0.1) is 33.3 Å². The Hall–Kier alpha value is -3.27. The van der Waals surface area contributed by atoms with Crippen LogP contribution in [0.25, 0.3) is 11.0 Å². The normalized spacial score (nSPS) is 14.2. The predicted molar refractivity (Wildman–Crippen MR) is 99.0 cm³/mol. The maximum atomic E-state index is 12.3. The number of anilines is 1. The molecule has 10 heteroatoms. The molecule has 0 spiro atoms. The number of methoxy groups -OCH3 is 1. The van der Waals surface area contributed by atoms with E-state index in [1.165, 1.54) is 7.11 Å². The predicted octanol–water partition coefficient (Wildman–Crippen LogP) is 0.717. The van der Waals surface area contributed by atoms with Crippen LogP contribution in [-0.2, 0) is 22.5 Å². The number of hydrogen-bond donors (Lipinski definition) is 1. The highest BCUT2D eigenvalue weighted by atomic mass is 16.5. The molecule has 3 aromatic rings. The van der Waals surface area contributed by atoms with Crippen molar-refractivity contribution < 1.29 is 18.8 Å². The van der Waals surface area contributed by atoms with Gasteiger partial charge in [-0.25, -0.2) is 0 Å². The van der Waals surface area contributed by atoms with Crippen LogP contribution in [0.4, 0.5) is 5.95 Å². The smallest absolute Gasteiger partial charge is 0.321 e. The average Bonchev–Trinajstić information content (AvgIpc) is 3.15. The van der Waals surface area contributed by atoms with E-state index in [-0.39, 0.29) is 24.9 Å². The fourth-order valence-electron chi connectivity index (χ4n) is 2.92. The number of hydrogen-bond acceptors (Lipinski definition) is 9. The van der Waals surface area contributed by atoms with Gasteiger partial charge < -0.3 is 24.2 Å². The van der Waals surface area contributed by atoms with E-state index >= 15 is 0 Å². The third-order valence-corrected chi connectivity index (χ3v) is 4.35. The maximum Gasteiger partial charge on any atom is 0.321 e. The maximum absolute atomic E-state index is 12.3. The number of aromatic nitrogens is 4. The van der Waals surface area contributed by atoms with Crippen LogP contribution in [0.3, 0.4) is 0 Å². The van der Waals surface area contributed by atoms with Crippen LogP contribution in [-0.4, -0.2) is 59.4 Å². The highest BCUT2D eigenvalue weighted by Crippen LogP contribution is 2.18. The Morgan fingerprint density at radius 2 is 2.04 bits per heavy atom. The first-order valence-electron chi connectivity index (χ1n) is 8.94. The molecule has 0 bridgehead atoms. The zero-order valence-corrected chi connectivity index (χ0v) is 15.4. The molecule has 1 fully saturated rings. The van der Waals surface area contributed by atoms with Gasteiger partial charge in [-0.1, -0.05) is 17.3 Å². The lowest BCUT2D eigenvalue weighted by atomic mass is 10.1. The molecule has 1 aromatic carbocycles. The summed E-state index contributed by atoms with van der Waals surface area (Å²) in [4.78, 5) is 27.3. The van der Waals surface area contributed by atoms with Crippen LogP contribution in [0.5, 0.6) is 6.01 Å². The van der Waals surface area contributed by atoms with Gasteiger partial charge in [-0.2, -0.15) is 15.0 Å². The number of nitrogens with zero attached hydrogens (tertiary/aromatic N) is 5. The molecule has 1 amide bonds. The summed E-state index contributed by atoms with van der Waals surface area (Å²) in [6.45, 7) is 2.78. The monoisotopic (exact) mass is 384 g/mol. The molecule has 1 aliphatic rings. The summed E-state index contributed by atoms with van der Waals surface area (Å²) in [5, 5.41) is 7.62. The summed E-state index contributed by atoms with van der Waals surface area (Å²) in [6.07, 6.45) is 0.107. The van der Waals surface area contributed by atoms with Crippen LogP contribution >= 0.6 is 0 Å². The average molecular weight is 384 g/mol. The molecule has 0 radical (unpaired) electrons. The molecule has 146 valence electrons. The number of amides is 1. The van der Waals surface area contributed by atoms with Crippen LogP contribution in [0.1, 0.15) is 11.5 Å². The van der Waals surface area contributed by atoms with E-state index in [9.17, 15) is 4.79 Å². The molecule has 3 heterocycles. The number of para-hydroxylation sites is 1. The molecule has 0 atom stereocenters. The van der Waals surface area contributed by atoms with Gasteiger partial charge in [0.15, 0.2) is 11.4 Å². The minimum atomic E-state index is -0.202. The van der Waals surface area contributed by atoms with Gasteiger partial charge in [0, 0.05) is 18.5 Å². The van der Waals surface area contributed by atoms with E-state index in [1.54, 1.807) is 0 Å². The Morgan fingerprint density at radius 3 is 2.86 bits per heavy atom. The third kappa shape index (κ3) is 4.01. The summed E-state index contributed by atoms with van der Waals surface area (Å²) in [6, 6.07) is 7.64. The second-order valence-corrected chi connectivity index (χ2v) is 6.22. The number of carbonyl (C=O) groups is 1. The number of carbonyl (C=O) groups excluding carboxylic acids is 1. The largest absolute Gasteiger partial charge is 0.467 e. The molecule has 4 rings (SSSR count). The fourth-order valence-corrected chi connectivity index (χ4v) is 2.92. The van der Waals surface area contributed by atoms with Gasteiger partial charge in [-0.05, 0) is 12.1 Å². The number of benzene rings is 1. The minimum Gasteiger partial charge on any atom is -0.467 e. The van der Waals surface area contributed by atoms with Crippen molar-refractivity contribution in [3.8, 4) is 6.01 Å². The van der Waals surface area contributed by atoms with Crippen LogP contribution in [0.2, 0.25) is 0 Å². The summed E-state index contributed by atoms with van der Waals surface area (Å²) >= 11 is 0. The molecule has 1 saturated heterocycles. The van der Waals surface area contributed by atoms with Crippen LogP contribution < -0.4 is 15.0 Å². The highest BCUT2D eigenvalue weighted by Gasteiger charge is 2.18. The summed E-state index contributed by atoms with van der Waals surface area (Å²) in [5.41, 5.74) is 1.25. The highest BCUT2D eigenvalue weighted by molar-refractivity contribution is 5.86. The summed E-state index contributed by atoms with van der Waals surface area (Å²) in [5.74, 6) is 0.736. The number of ether oxygens (including phenoxy) is 2. The Balaban J connectivity index is 1.42. The first-order valence-corrected chi connectivity index (χ1v) is 8.94. The zero-order chi connectivity index (χ0) is 19.3. The summed E-state index contributed by atoms with van der Waals surface area (Å²) in [7, 11) is 1.50. The number of fused-ring (bicyclic) bond motifs is 1. The van der Waals surface area contributed by atoms with Crippen molar-refractivity contribution in [2.75, 3.05) is 38.3 Å². The molecule has 1 N–H and O–H groups in total. The first kappa shape index (κ1) is 18.1. The molecule has 0 unspecified atom stereocenters. The standard InChI is InChI=1S/C18H20N6O4/c1-26-18-21-15(20-17(22-18)24-6-8-27-9-7-24)11-19-16(25)10-13-12-4-2-3-5-14(12)28-23-13/h2-5H,6-11H2,1H3,(H,19,25). The Bertz CT molecular complexity index is 970. The van der Waals surface area contributed by atoms with E-state index in [4.69, 9.17) is 14.0 Å². The Kier molecular flexibility index (Phi) is 5.29. The molecule has 1 aliphatic heterocycles. The van der Waals surface area contributed by atoms with Gasteiger partial charge in [0.25, 0.3) is 0 Å². The second kappa shape index (κ2) is 8.17. The lowest BCUT2D eigenvalue weighted by Gasteiger charge is -2.26. The van der Waals surface area contributed by atoms with Crippen molar-refractivity contribution in [2.45, 2.75) is 13.0 Å². The zero-order valence-electron chi connectivity index (χ0n) is 15.4. The Labute approximate surface area is 160 Å². The second-order valence-electron chi connectivity index (χ2n) is 6.22. The van der Waals surface area contributed by atoms with Crippen molar-refractivity contribution in [2.24, 2.45) is 0 Å². The number of morpholine rings is 1. The molecular formula is C18H20N6O4. The molecule has 10 nitrogen and oxygen atoms in total. The van der Waals surface area contributed by atoms with Gasteiger partial charge in [0.2, 0.25) is 11.9 Å². The van der Waals surface area contributed by atoms with E-state index in [1.807, 2.05) is 29.2 Å². The van der Waals surface area contributed by atoms with Gasteiger partial charge >= 0.3 is 6.01 Å². The first-order chi connectivity index (χ1) is 13.7. The summed E-state index contributed by atoms with van der Waals surface area (Å²) < 4.78 is 15.8. The molecule has 2 aromatic heterocycles. The fraction of sp³-hybridized carbons (Fsp3) is 0.389. The van der Waals surface area contributed by atoms with Gasteiger partial charge in [-0.15, -0.1) is 0 Å². The van der Waals surface area contributed by atoms with Crippen LogP contribution in [0, 0.1) is 0 Å². The van der Waals surface area contributed by atoms with Crippen molar-refractivity contribution in [1.82, 2.24) is 25.4 Å². The van der Waals surface area contributed by atoms with Crippen LogP contribution in [0.15, 0.2) is 28.8 Å². The third-order valence-electron chi connectivity index (χ3n) is 4.35. The Morgan fingerprint density at radius 1 is 1.21 bits per heavy atom. The number of rotatable bonds is 6. The van der Waals surface area contributed by atoms with Gasteiger partial charge in [-0.3, -0.25) is 4.79 Å². The van der Waals surface area contributed by atoms with Crippen molar-refractivity contribution in [3.05, 3.63) is 35.8 Å². The van der Waals surface area contributed by atoms with E-state index in [0.717, 1.165) is 5.39 Å². The molecule has 0 saturated carbocycles. The molecular weight excluding hydrogens is 364 g/mol. The van der Waals surface area contributed by atoms with E-state index in [2.05, 4.69) is 25.4 Å². The topological polar surface area (TPSA) is 116 Å². The molecule has 0 aliphatic carbocycles. The van der Waals surface area contributed by atoms with Gasteiger partial charge in [0.1, 0.15) is 5.69 Å². The van der Waals surface area contributed by atoms with Crippen molar-refractivity contribution in [1.29, 1.82) is 0 Å². The minimum absolute atomic E-state index is 0.107. The lowest BCUT2D eigenvalue weighted by Crippen LogP contribution is -2.37. The SMILES string of the molecule is COc1nc(CNC(=O)Cc2noc3ccccc23)nc(N2CCOCC2)n1. The number of nitrogens with one attached hydrogen (secondary N) is 1. The lowest BCUT2D eigenvalue weighted by molar-refractivity contribution is -0.120.